The number of nitrogens with zero attached hydrogens (tertiary/aromatic N) is 3. The third kappa shape index (κ3) is 4.55. The van der Waals surface area contributed by atoms with Gasteiger partial charge in [-0.3, -0.25) is 4.79 Å². The first-order chi connectivity index (χ1) is 14.1. The third-order valence-corrected chi connectivity index (χ3v) is 4.71. The zero-order valence-electron chi connectivity index (χ0n) is 15.8. The van der Waals surface area contributed by atoms with Gasteiger partial charge in [-0.15, -0.1) is 0 Å². The largest absolute Gasteiger partial charge is 0.350 e. The minimum absolute atomic E-state index is 0.124. The van der Waals surface area contributed by atoms with Gasteiger partial charge < -0.3 is 14.4 Å². The van der Waals surface area contributed by atoms with Gasteiger partial charge in [-0.1, -0.05) is 58.7 Å². The molecule has 2 aromatic heterocycles. The van der Waals surface area contributed by atoms with Crippen LogP contribution in [0, 0.1) is 6.92 Å². The predicted octanol–water partition coefficient (Wildman–Crippen LogP) is 4.48. The topological polar surface area (TPSA) is 73.0 Å². The lowest BCUT2D eigenvalue weighted by Crippen LogP contribution is -2.27. The summed E-state index contributed by atoms with van der Waals surface area (Å²) in [6.45, 7) is 2.58. The number of aryl methyl sites for hydroxylation is 1. The standard InChI is InChI=1S/C22H19ClN4O2/c1-15-7-9-17(10-8-15)21-25-22(29-26-21)19-6-3-11-27(19)14-20(28)24-13-16-4-2-5-18(23)12-16/h2-12H,13-14H2,1H3,(H,24,28). The minimum atomic E-state index is -0.124. The maximum Gasteiger partial charge on any atom is 0.274 e. The summed E-state index contributed by atoms with van der Waals surface area (Å²) >= 11 is 5.98. The molecule has 146 valence electrons. The molecule has 0 fully saturated rings. The van der Waals surface area contributed by atoms with Crippen molar-refractivity contribution in [2.45, 2.75) is 20.0 Å². The second kappa shape index (κ2) is 8.32. The van der Waals surface area contributed by atoms with Crippen LogP contribution in [0.5, 0.6) is 0 Å². The molecule has 0 spiro atoms. The maximum atomic E-state index is 12.4. The second-order valence-corrected chi connectivity index (χ2v) is 7.15. The Labute approximate surface area is 173 Å². The number of carbonyl (C=O) groups is 1. The SMILES string of the molecule is Cc1ccc(-c2noc(-c3cccn3CC(=O)NCc3cccc(Cl)c3)n2)cc1. The van der Waals surface area contributed by atoms with E-state index in [1.165, 1.54) is 0 Å². The van der Waals surface area contributed by atoms with Crippen molar-refractivity contribution < 1.29 is 9.32 Å². The van der Waals surface area contributed by atoms with E-state index in [9.17, 15) is 4.79 Å². The molecule has 2 heterocycles. The van der Waals surface area contributed by atoms with Crippen molar-refractivity contribution in [2.24, 2.45) is 0 Å². The van der Waals surface area contributed by atoms with E-state index in [0.29, 0.717) is 29.0 Å². The summed E-state index contributed by atoms with van der Waals surface area (Å²) < 4.78 is 7.21. The highest BCUT2D eigenvalue weighted by atomic mass is 35.5. The molecule has 6 nitrogen and oxygen atoms in total. The number of benzene rings is 2. The summed E-state index contributed by atoms with van der Waals surface area (Å²) in [6.07, 6.45) is 1.81. The molecule has 1 N–H and O–H groups in total. The maximum absolute atomic E-state index is 12.4. The van der Waals surface area contributed by atoms with Crippen LogP contribution < -0.4 is 5.32 Å². The first-order valence-corrected chi connectivity index (χ1v) is 9.54. The molecule has 1 amide bonds. The van der Waals surface area contributed by atoms with Crippen molar-refractivity contribution in [1.29, 1.82) is 0 Å². The molecule has 0 saturated carbocycles. The van der Waals surface area contributed by atoms with E-state index in [2.05, 4.69) is 15.5 Å². The summed E-state index contributed by atoms with van der Waals surface area (Å²) in [6, 6.07) is 19.0. The van der Waals surface area contributed by atoms with Crippen LogP contribution in [0.1, 0.15) is 11.1 Å². The minimum Gasteiger partial charge on any atom is -0.350 e. The van der Waals surface area contributed by atoms with Crippen LogP contribution in [0.2, 0.25) is 5.02 Å². The Kier molecular flexibility index (Phi) is 5.44. The Bertz CT molecular complexity index is 1130. The van der Waals surface area contributed by atoms with Gasteiger partial charge in [0.25, 0.3) is 5.89 Å². The van der Waals surface area contributed by atoms with Gasteiger partial charge in [0, 0.05) is 23.3 Å². The van der Waals surface area contributed by atoms with Crippen molar-refractivity contribution >= 4 is 17.5 Å². The van der Waals surface area contributed by atoms with E-state index in [-0.39, 0.29) is 12.5 Å². The molecule has 0 aliphatic heterocycles. The van der Waals surface area contributed by atoms with Gasteiger partial charge in [0.2, 0.25) is 11.7 Å². The summed E-state index contributed by atoms with van der Waals surface area (Å²) in [5.74, 6) is 0.757. The number of aromatic nitrogens is 3. The van der Waals surface area contributed by atoms with Crippen LogP contribution in [-0.2, 0) is 17.9 Å². The molecule has 4 aromatic rings. The summed E-state index contributed by atoms with van der Waals surface area (Å²) in [5.41, 5.74) is 3.67. The second-order valence-electron chi connectivity index (χ2n) is 6.72. The normalized spacial score (nSPS) is 10.8. The molecule has 0 bridgehead atoms. The van der Waals surface area contributed by atoms with Crippen LogP contribution in [0.25, 0.3) is 23.0 Å². The average Bonchev–Trinajstić information content (AvgIpc) is 3.36. The Morgan fingerprint density at radius 3 is 2.76 bits per heavy atom. The molecule has 29 heavy (non-hydrogen) atoms. The van der Waals surface area contributed by atoms with Gasteiger partial charge in [-0.2, -0.15) is 4.98 Å². The lowest BCUT2D eigenvalue weighted by atomic mass is 10.1. The van der Waals surface area contributed by atoms with Crippen molar-refractivity contribution in [3.05, 3.63) is 83.0 Å². The zero-order valence-corrected chi connectivity index (χ0v) is 16.6. The molecule has 7 heteroatoms. The van der Waals surface area contributed by atoms with Crippen molar-refractivity contribution in [1.82, 2.24) is 20.0 Å². The smallest absolute Gasteiger partial charge is 0.274 e. The summed E-state index contributed by atoms with van der Waals surface area (Å²) in [5, 5.41) is 7.60. The molecule has 0 aliphatic carbocycles. The molecule has 0 radical (unpaired) electrons. The van der Waals surface area contributed by atoms with Crippen LogP contribution in [0.15, 0.2) is 71.4 Å². The molecule has 0 aliphatic rings. The van der Waals surface area contributed by atoms with Gasteiger partial charge in [-0.05, 0) is 36.8 Å². The third-order valence-electron chi connectivity index (χ3n) is 4.48. The molecule has 0 atom stereocenters. The highest BCUT2D eigenvalue weighted by molar-refractivity contribution is 6.30. The number of hydrogen-bond donors (Lipinski definition) is 1. The Balaban J connectivity index is 1.44. The fourth-order valence-electron chi connectivity index (χ4n) is 2.95. The molecule has 2 aromatic carbocycles. The Morgan fingerprint density at radius 2 is 1.97 bits per heavy atom. The van der Waals surface area contributed by atoms with Gasteiger partial charge in [0.15, 0.2) is 0 Å². The molecular weight excluding hydrogens is 388 g/mol. The number of halogens is 1. The monoisotopic (exact) mass is 406 g/mol. The fourth-order valence-corrected chi connectivity index (χ4v) is 3.16. The zero-order chi connectivity index (χ0) is 20.2. The number of amides is 1. The van der Waals surface area contributed by atoms with Crippen LogP contribution in [0.4, 0.5) is 0 Å². The quantitative estimate of drug-likeness (QED) is 0.512. The predicted molar refractivity (Wildman–Crippen MR) is 111 cm³/mol. The summed E-state index contributed by atoms with van der Waals surface area (Å²) in [4.78, 5) is 16.9. The fraction of sp³-hybridized carbons (Fsp3) is 0.136. The van der Waals surface area contributed by atoms with Gasteiger partial charge >= 0.3 is 0 Å². The van der Waals surface area contributed by atoms with Crippen molar-refractivity contribution in [3.8, 4) is 23.0 Å². The van der Waals surface area contributed by atoms with Crippen LogP contribution in [0.3, 0.4) is 0 Å². The Hall–Kier alpha value is -3.38. The number of carbonyl (C=O) groups excluding carboxylic acids is 1. The first-order valence-electron chi connectivity index (χ1n) is 9.16. The molecule has 0 saturated heterocycles. The molecule has 0 unspecified atom stereocenters. The van der Waals surface area contributed by atoms with Crippen molar-refractivity contribution in [2.75, 3.05) is 0 Å². The van der Waals surface area contributed by atoms with Gasteiger partial charge in [-0.25, -0.2) is 0 Å². The lowest BCUT2D eigenvalue weighted by Gasteiger charge is -2.08. The first kappa shape index (κ1) is 19.0. The van der Waals surface area contributed by atoms with E-state index in [4.69, 9.17) is 16.1 Å². The molecular formula is C22H19ClN4O2. The van der Waals surface area contributed by atoms with Gasteiger partial charge in [0.1, 0.15) is 12.2 Å². The van der Waals surface area contributed by atoms with E-state index < -0.39 is 0 Å². The molecule has 4 rings (SSSR count). The Morgan fingerprint density at radius 1 is 1.14 bits per heavy atom. The summed E-state index contributed by atoms with van der Waals surface area (Å²) in [7, 11) is 0. The van der Waals surface area contributed by atoms with E-state index in [1.807, 2.05) is 67.7 Å². The average molecular weight is 407 g/mol. The van der Waals surface area contributed by atoms with E-state index in [1.54, 1.807) is 10.6 Å². The van der Waals surface area contributed by atoms with Crippen molar-refractivity contribution in [3.63, 3.8) is 0 Å². The van der Waals surface area contributed by atoms with Crippen LogP contribution >= 0.6 is 11.6 Å². The number of rotatable bonds is 6. The highest BCUT2D eigenvalue weighted by Gasteiger charge is 2.15. The van der Waals surface area contributed by atoms with E-state index >= 15 is 0 Å². The van der Waals surface area contributed by atoms with Crippen LogP contribution in [-0.4, -0.2) is 20.6 Å². The highest BCUT2D eigenvalue weighted by Crippen LogP contribution is 2.23. The number of hydrogen-bond acceptors (Lipinski definition) is 4. The van der Waals surface area contributed by atoms with Gasteiger partial charge in [0.05, 0.1) is 0 Å². The van der Waals surface area contributed by atoms with E-state index in [0.717, 1.165) is 16.7 Å². The number of nitrogens with one attached hydrogen (secondary N) is 1. The lowest BCUT2D eigenvalue weighted by molar-refractivity contribution is -0.121.